The fraction of sp³-hybridized carbons (Fsp3) is 0.400. The summed E-state index contributed by atoms with van der Waals surface area (Å²) < 4.78 is 48.4. The van der Waals surface area contributed by atoms with Crippen molar-refractivity contribution in [2.24, 2.45) is 0 Å². The lowest BCUT2D eigenvalue weighted by atomic mass is 9.86. The summed E-state index contributed by atoms with van der Waals surface area (Å²) in [7, 11) is 0. The van der Waals surface area contributed by atoms with Gasteiger partial charge in [0.05, 0.1) is 5.56 Å². The van der Waals surface area contributed by atoms with Crippen molar-refractivity contribution in [1.82, 2.24) is 0 Å². The van der Waals surface area contributed by atoms with E-state index in [0.717, 1.165) is 49.3 Å². The average Bonchev–Trinajstić information content (AvgIpc) is 2.80. The Hall–Kier alpha value is -2.75. The highest BCUT2D eigenvalue weighted by atomic mass is 19.4. The minimum Gasteiger partial charge on any atom is -0.486 e. The first kappa shape index (κ1) is 25.9. The van der Waals surface area contributed by atoms with E-state index in [1.807, 2.05) is 42.5 Å². The van der Waals surface area contributed by atoms with Gasteiger partial charge in [-0.05, 0) is 52.6 Å². The van der Waals surface area contributed by atoms with Crippen LogP contribution in [0.3, 0.4) is 0 Å². The fourth-order valence-electron chi connectivity index (χ4n) is 4.11. The van der Waals surface area contributed by atoms with Crippen molar-refractivity contribution < 1.29 is 17.9 Å². The van der Waals surface area contributed by atoms with Gasteiger partial charge in [0, 0.05) is 0 Å². The van der Waals surface area contributed by atoms with E-state index in [-0.39, 0.29) is 22.8 Å². The van der Waals surface area contributed by atoms with Crippen molar-refractivity contribution in [3.8, 4) is 16.9 Å². The maximum absolute atomic E-state index is 14.1. The Kier molecular flexibility index (Phi) is 8.46. The van der Waals surface area contributed by atoms with Crippen LogP contribution >= 0.6 is 0 Å². The molecule has 0 spiro atoms. The first-order valence-electron chi connectivity index (χ1n) is 12.1. The highest BCUT2D eigenvalue weighted by molar-refractivity contribution is 5.69. The zero-order chi connectivity index (χ0) is 24.8. The van der Waals surface area contributed by atoms with Gasteiger partial charge in [0.2, 0.25) is 0 Å². The summed E-state index contributed by atoms with van der Waals surface area (Å²) in [6.45, 7) is 8.41. The molecule has 0 bridgehead atoms. The van der Waals surface area contributed by atoms with Gasteiger partial charge < -0.3 is 4.74 Å². The fourth-order valence-corrected chi connectivity index (χ4v) is 4.11. The Morgan fingerprint density at radius 1 is 0.794 bits per heavy atom. The van der Waals surface area contributed by atoms with Crippen LogP contribution in [0.25, 0.3) is 11.1 Å². The molecule has 0 fully saturated rings. The summed E-state index contributed by atoms with van der Waals surface area (Å²) in [5.74, 6) is 0.242. The van der Waals surface area contributed by atoms with Crippen LogP contribution in [0.4, 0.5) is 13.2 Å². The zero-order valence-corrected chi connectivity index (χ0v) is 20.6. The Morgan fingerprint density at radius 3 is 2.06 bits per heavy atom. The van der Waals surface area contributed by atoms with E-state index in [9.17, 15) is 13.2 Å². The lowest BCUT2D eigenvalue weighted by Crippen LogP contribution is -2.12. The third-order valence-corrected chi connectivity index (χ3v) is 6.13. The molecule has 0 aliphatic rings. The molecule has 3 rings (SSSR count). The standard InChI is InChI=1S/C30H35F3O/c1-5-6-7-11-14-28(23-12-9-8-10-13-23)34-25-19-20-26(27(21-25)30(31,32)33)22-15-17-24(18-16-22)29(2,3)4/h8-10,12-13,15-21,28H,5-7,11,14H2,1-4H3. The number of halogens is 3. The van der Waals surface area contributed by atoms with Crippen molar-refractivity contribution in [3.05, 3.63) is 89.5 Å². The predicted octanol–water partition coefficient (Wildman–Crippen LogP) is 9.76. The van der Waals surface area contributed by atoms with Gasteiger partial charge in [0.15, 0.2) is 0 Å². The van der Waals surface area contributed by atoms with Gasteiger partial charge in [-0.25, -0.2) is 0 Å². The van der Waals surface area contributed by atoms with Gasteiger partial charge in [-0.1, -0.05) is 108 Å². The lowest BCUT2D eigenvalue weighted by molar-refractivity contribution is -0.137. The SMILES string of the molecule is CCCCCCC(Oc1ccc(-c2ccc(C(C)(C)C)cc2)c(C(F)(F)F)c1)c1ccccc1. The summed E-state index contributed by atoms with van der Waals surface area (Å²) in [6.07, 6.45) is 0.323. The van der Waals surface area contributed by atoms with Crippen molar-refractivity contribution >= 4 is 0 Å². The zero-order valence-electron chi connectivity index (χ0n) is 20.6. The Balaban J connectivity index is 1.91. The normalized spacial score (nSPS) is 13.0. The second-order valence-electron chi connectivity index (χ2n) is 9.90. The topological polar surface area (TPSA) is 9.23 Å². The molecule has 3 aromatic rings. The smallest absolute Gasteiger partial charge is 0.417 e. The number of alkyl halides is 3. The molecule has 0 N–H and O–H groups in total. The highest BCUT2D eigenvalue weighted by Crippen LogP contribution is 2.40. The second kappa shape index (κ2) is 11.1. The molecular formula is C30H35F3O. The largest absolute Gasteiger partial charge is 0.486 e. The molecule has 0 amide bonds. The van der Waals surface area contributed by atoms with Crippen LogP contribution in [-0.2, 0) is 11.6 Å². The third kappa shape index (κ3) is 6.88. The van der Waals surface area contributed by atoms with Crippen LogP contribution in [0.5, 0.6) is 5.75 Å². The molecule has 0 aliphatic heterocycles. The van der Waals surface area contributed by atoms with E-state index in [0.29, 0.717) is 5.56 Å². The second-order valence-corrected chi connectivity index (χ2v) is 9.90. The monoisotopic (exact) mass is 468 g/mol. The van der Waals surface area contributed by atoms with Crippen LogP contribution in [0.1, 0.15) is 82.6 Å². The lowest BCUT2D eigenvalue weighted by Gasteiger charge is -2.22. The van der Waals surface area contributed by atoms with Crippen molar-refractivity contribution in [1.29, 1.82) is 0 Å². The minimum atomic E-state index is -4.49. The molecule has 1 unspecified atom stereocenters. The van der Waals surface area contributed by atoms with Crippen LogP contribution in [0.2, 0.25) is 0 Å². The number of hydrogen-bond acceptors (Lipinski definition) is 1. The Morgan fingerprint density at radius 2 is 1.47 bits per heavy atom. The van der Waals surface area contributed by atoms with Gasteiger partial charge in [-0.15, -0.1) is 0 Å². The van der Waals surface area contributed by atoms with Crippen LogP contribution in [0, 0.1) is 0 Å². The quantitative estimate of drug-likeness (QED) is 0.284. The Labute approximate surface area is 202 Å². The van der Waals surface area contributed by atoms with E-state index < -0.39 is 11.7 Å². The van der Waals surface area contributed by atoms with Gasteiger partial charge in [0.25, 0.3) is 0 Å². The first-order valence-corrected chi connectivity index (χ1v) is 12.1. The molecule has 3 aromatic carbocycles. The van der Waals surface area contributed by atoms with Crippen molar-refractivity contribution in [2.45, 2.75) is 77.5 Å². The van der Waals surface area contributed by atoms with Gasteiger partial charge in [-0.2, -0.15) is 13.2 Å². The maximum Gasteiger partial charge on any atom is 0.417 e. The van der Waals surface area contributed by atoms with E-state index in [1.54, 1.807) is 18.2 Å². The molecule has 34 heavy (non-hydrogen) atoms. The van der Waals surface area contributed by atoms with E-state index >= 15 is 0 Å². The number of benzene rings is 3. The van der Waals surface area contributed by atoms with E-state index in [1.165, 1.54) is 6.07 Å². The predicted molar refractivity (Wildman–Crippen MR) is 134 cm³/mol. The van der Waals surface area contributed by atoms with E-state index in [4.69, 9.17) is 4.74 Å². The maximum atomic E-state index is 14.1. The van der Waals surface area contributed by atoms with Gasteiger partial charge >= 0.3 is 6.18 Å². The van der Waals surface area contributed by atoms with Crippen LogP contribution < -0.4 is 4.74 Å². The number of unbranched alkanes of at least 4 members (excludes halogenated alkanes) is 3. The van der Waals surface area contributed by atoms with E-state index in [2.05, 4.69) is 27.7 Å². The van der Waals surface area contributed by atoms with Gasteiger partial charge in [-0.3, -0.25) is 0 Å². The summed E-state index contributed by atoms with van der Waals surface area (Å²) >= 11 is 0. The molecule has 0 saturated heterocycles. The number of ether oxygens (including phenoxy) is 1. The molecule has 0 heterocycles. The summed E-state index contributed by atoms with van der Waals surface area (Å²) in [5, 5.41) is 0. The highest BCUT2D eigenvalue weighted by Gasteiger charge is 2.34. The molecule has 4 heteroatoms. The molecule has 0 aromatic heterocycles. The summed E-state index contributed by atoms with van der Waals surface area (Å²) in [4.78, 5) is 0. The van der Waals surface area contributed by atoms with Crippen molar-refractivity contribution in [2.75, 3.05) is 0 Å². The number of hydrogen-bond donors (Lipinski definition) is 0. The Bertz CT molecular complexity index is 1030. The summed E-state index contributed by atoms with van der Waals surface area (Å²) in [5.41, 5.74) is 2.04. The average molecular weight is 469 g/mol. The van der Waals surface area contributed by atoms with Gasteiger partial charge in [0.1, 0.15) is 11.9 Å². The van der Waals surface area contributed by atoms with Crippen LogP contribution in [0.15, 0.2) is 72.8 Å². The molecular weight excluding hydrogens is 433 g/mol. The molecule has 0 saturated carbocycles. The number of rotatable bonds is 9. The molecule has 1 atom stereocenters. The molecule has 0 aliphatic carbocycles. The first-order chi connectivity index (χ1) is 16.1. The molecule has 0 radical (unpaired) electrons. The minimum absolute atomic E-state index is 0.0628. The van der Waals surface area contributed by atoms with Crippen molar-refractivity contribution in [3.63, 3.8) is 0 Å². The third-order valence-electron chi connectivity index (χ3n) is 6.13. The van der Waals surface area contributed by atoms with Crippen LogP contribution in [-0.4, -0.2) is 0 Å². The molecule has 1 nitrogen and oxygen atoms in total. The summed E-state index contributed by atoms with van der Waals surface area (Å²) in [6, 6.07) is 21.4. The molecule has 182 valence electrons.